The minimum Gasteiger partial charge on any atom is -0.480 e. The Hall–Kier alpha value is -2.18. The summed E-state index contributed by atoms with van der Waals surface area (Å²) >= 11 is 0. The summed E-state index contributed by atoms with van der Waals surface area (Å²) in [5.41, 5.74) is 1.93. The van der Waals surface area contributed by atoms with Crippen LogP contribution in [0.3, 0.4) is 0 Å². The predicted octanol–water partition coefficient (Wildman–Crippen LogP) is -0.0991. The molecule has 0 spiro atoms. The molecule has 0 unspecified atom stereocenters. The van der Waals surface area contributed by atoms with Crippen LogP contribution in [0.4, 0.5) is 0 Å². The average Bonchev–Trinajstić information content (AvgIpc) is 2.52. The SMILES string of the molecule is Cc1nc2nn(CC(=O)O)c(=O)n2c(C)c1C. The maximum Gasteiger partial charge on any atom is 0.352 e. The number of carbonyl (C=O) groups is 1. The highest BCUT2D eigenvalue weighted by molar-refractivity contribution is 5.66. The quantitative estimate of drug-likeness (QED) is 0.786. The van der Waals surface area contributed by atoms with Crippen LogP contribution in [0.5, 0.6) is 0 Å². The molecule has 1 N–H and O–H groups in total. The van der Waals surface area contributed by atoms with Crippen molar-refractivity contribution in [3.05, 3.63) is 27.4 Å². The van der Waals surface area contributed by atoms with Crippen molar-refractivity contribution in [2.24, 2.45) is 0 Å². The Morgan fingerprint density at radius 1 is 1.35 bits per heavy atom. The molecule has 7 heteroatoms. The molecular weight excluding hydrogens is 224 g/mol. The normalized spacial score (nSPS) is 11.0. The average molecular weight is 236 g/mol. The number of aryl methyl sites for hydroxylation is 2. The van der Waals surface area contributed by atoms with E-state index in [0.29, 0.717) is 0 Å². The third kappa shape index (κ3) is 1.69. The Morgan fingerprint density at radius 2 is 2.00 bits per heavy atom. The molecule has 2 aromatic heterocycles. The van der Waals surface area contributed by atoms with Gasteiger partial charge in [-0.05, 0) is 26.3 Å². The molecule has 2 heterocycles. The third-order valence-electron chi connectivity index (χ3n) is 2.80. The Balaban J connectivity index is 2.79. The van der Waals surface area contributed by atoms with Crippen molar-refractivity contribution in [3.8, 4) is 0 Å². The van der Waals surface area contributed by atoms with Gasteiger partial charge >= 0.3 is 11.7 Å². The van der Waals surface area contributed by atoms with E-state index in [9.17, 15) is 9.59 Å². The van der Waals surface area contributed by atoms with E-state index in [1.165, 1.54) is 4.40 Å². The zero-order valence-electron chi connectivity index (χ0n) is 9.76. The molecule has 0 fully saturated rings. The number of carboxylic acid groups (broad SMARTS) is 1. The van der Waals surface area contributed by atoms with Gasteiger partial charge in [0.1, 0.15) is 6.54 Å². The fourth-order valence-electron chi connectivity index (χ4n) is 1.66. The Bertz CT molecular complexity index is 668. The molecule has 2 rings (SSSR count). The van der Waals surface area contributed by atoms with Gasteiger partial charge in [0, 0.05) is 11.4 Å². The molecule has 0 saturated carbocycles. The standard InChI is InChI=1S/C10H12N4O3/c1-5-6(2)11-9-12-13(4-8(15)16)10(17)14(9)7(5)3/h4H2,1-3H3,(H,15,16). The van der Waals surface area contributed by atoms with Gasteiger partial charge in [-0.15, -0.1) is 5.10 Å². The molecule has 0 bridgehead atoms. The van der Waals surface area contributed by atoms with E-state index >= 15 is 0 Å². The molecular formula is C10H12N4O3. The first-order valence-corrected chi connectivity index (χ1v) is 5.07. The molecule has 0 radical (unpaired) electrons. The van der Waals surface area contributed by atoms with Crippen molar-refractivity contribution >= 4 is 11.7 Å². The number of nitrogens with zero attached hydrogens (tertiary/aromatic N) is 4. The van der Waals surface area contributed by atoms with Crippen LogP contribution in [0.15, 0.2) is 4.79 Å². The molecule has 0 aromatic carbocycles. The third-order valence-corrected chi connectivity index (χ3v) is 2.80. The van der Waals surface area contributed by atoms with Gasteiger partial charge in [0.25, 0.3) is 5.78 Å². The molecule has 0 aliphatic carbocycles. The van der Waals surface area contributed by atoms with Crippen LogP contribution in [0.25, 0.3) is 5.78 Å². The molecule has 17 heavy (non-hydrogen) atoms. The highest BCUT2D eigenvalue weighted by Gasteiger charge is 2.14. The van der Waals surface area contributed by atoms with Crippen LogP contribution < -0.4 is 5.69 Å². The Labute approximate surface area is 96.3 Å². The van der Waals surface area contributed by atoms with Gasteiger partial charge in [-0.25, -0.2) is 14.2 Å². The maximum atomic E-state index is 11.9. The van der Waals surface area contributed by atoms with E-state index in [1.54, 1.807) is 6.92 Å². The van der Waals surface area contributed by atoms with E-state index in [2.05, 4.69) is 10.1 Å². The lowest BCUT2D eigenvalue weighted by Gasteiger charge is -2.04. The maximum absolute atomic E-state index is 11.9. The topological polar surface area (TPSA) is 89.5 Å². The molecule has 7 nitrogen and oxygen atoms in total. The molecule has 0 atom stereocenters. The summed E-state index contributed by atoms with van der Waals surface area (Å²) in [5, 5.41) is 12.6. The van der Waals surface area contributed by atoms with Gasteiger partial charge in [0.15, 0.2) is 0 Å². The second-order valence-corrected chi connectivity index (χ2v) is 3.88. The highest BCUT2D eigenvalue weighted by Crippen LogP contribution is 2.09. The fourth-order valence-corrected chi connectivity index (χ4v) is 1.66. The van der Waals surface area contributed by atoms with E-state index in [0.717, 1.165) is 21.6 Å². The predicted molar refractivity (Wildman–Crippen MR) is 59.1 cm³/mol. The van der Waals surface area contributed by atoms with E-state index in [4.69, 9.17) is 5.11 Å². The number of rotatable bonds is 2. The number of aromatic nitrogens is 4. The van der Waals surface area contributed by atoms with Crippen molar-refractivity contribution in [1.29, 1.82) is 0 Å². The van der Waals surface area contributed by atoms with Gasteiger partial charge in [-0.1, -0.05) is 0 Å². The number of fused-ring (bicyclic) bond motifs is 1. The molecule has 0 aliphatic rings. The summed E-state index contributed by atoms with van der Waals surface area (Å²) in [5.74, 6) is -0.876. The van der Waals surface area contributed by atoms with Gasteiger partial charge in [-0.3, -0.25) is 4.79 Å². The van der Waals surface area contributed by atoms with Crippen LogP contribution in [0.2, 0.25) is 0 Å². The molecule has 90 valence electrons. The van der Waals surface area contributed by atoms with Crippen LogP contribution in [-0.2, 0) is 11.3 Å². The van der Waals surface area contributed by atoms with E-state index in [1.807, 2.05) is 13.8 Å². The summed E-state index contributed by atoms with van der Waals surface area (Å²) in [7, 11) is 0. The van der Waals surface area contributed by atoms with Gasteiger partial charge in [-0.2, -0.15) is 4.68 Å². The molecule has 0 saturated heterocycles. The summed E-state index contributed by atoms with van der Waals surface area (Å²) in [6, 6.07) is 0. The fraction of sp³-hybridized carbons (Fsp3) is 0.400. The first-order chi connectivity index (χ1) is 7.91. The van der Waals surface area contributed by atoms with Gasteiger partial charge in [0.05, 0.1) is 0 Å². The molecule has 0 aliphatic heterocycles. The number of hydrogen-bond donors (Lipinski definition) is 1. The van der Waals surface area contributed by atoms with Crippen molar-refractivity contribution in [2.75, 3.05) is 0 Å². The first-order valence-electron chi connectivity index (χ1n) is 5.07. The second kappa shape index (κ2) is 3.69. The lowest BCUT2D eigenvalue weighted by molar-refractivity contribution is -0.137. The Morgan fingerprint density at radius 3 is 2.59 bits per heavy atom. The molecule has 2 aromatic rings. The summed E-state index contributed by atoms with van der Waals surface area (Å²) < 4.78 is 2.22. The lowest BCUT2D eigenvalue weighted by Crippen LogP contribution is -2.25. The summed E-state index contributed by atoms with van der Waals surface area (Å²) in [4.78, 5) is 26.7. The van der Waals surface area contributed by atoms with Crippen LogP contribution >= 0.6 is 0 Å². The van der Waals surface area contributed by atoms with Gasteiger partial charge in [0.2, 0.25) is 0 Å². The minimum absolute atomic E-state index is 0.233. The van der Waals surface area contributed by atoms with Crippen molar-refractivity contribution in [3.63, 3.8) is 0 Å². The van der Waals surface area contributed by atoms with E-state index in [-0.39, 0.29) is 5.78 Å². The zero-order valence-corrected chi connectivity index (χ0v) is 9.76. The first kappa shape index (κ1) is 11.3. The zero-order chi connectivity index (χ0) is 12.7. The smallest absolute Gasteiger partial charge is 0.352 e. The van der Waals surface area contributed by atoms with Crippen LogP contribution in [0, 0.1) is 20.8 Å². The number of aliphatic carboxylic acids is 1. The lowest BCUT2D eigenvalue weighted by atomic mass is 10.2. The largest absolute Gasteiger partial charge is 0.480 e. The van der Waals surface area contributed by atoms with E-state index < -0.39 is 18.2 Å². The second-order valence-electron chi connectivity index (χ2n) is 3.88. The van der Waals surface area contributed by atoms with Crippen molar-refractivity contribution < 1.29 is 9.90 Å². The van der Waals surface area contributed by atoms with Crippen LogP contribution in [0.1, 0.15) is 17.0 Å². The number of hydrogen-bond acceptors (Lipinski definition) is 4. The van der Waals surface area contributed by atoms with Crippen LogP contribution in [-0.4, -0.2) is 30.2 Å². The Kier molecular flexibility index (Phi) is 2.45. The highest BCUT2D eigenvalue weighted by atomic mass is 16.4. The van der Waals surface area contributed by atoms with Crippen molar-refractivity contribution in [1.82, 2.24) is 19.2 Å². The summed E-state index contributed by atoms with van der Waals surface area (Å²) in [6.07, 6.45) is 0. The van der Waals surface area contributed by atoms with Gasteiger partial charge < -0.3 is 5.11 Å². The molecule has 0 amide bonds. The summed E-state index contributed by atoms with van der Waals surface area (Å²) in [6.45, 7) is 5.01. The minimum atomic E-state index is -1.11. The van der Waals surface area contributed by atoms with Crippen molar-refractivity contribution in [2.45, 2.75) is 27.3 Å². The number of carboxylic acids is 1. The monoisotopic (exact) mass is 236 g/mol.